The van der Waals surface area contributed by atoms with Gasteiger partial charge in [0.15, 0.2) is 5.78 Å². The molecule has 58 valence electrons. The van der Waals surface area contributed by atoms with Gasteiger partial charge in [0.1, 0.15) is 0 Å². The molecular formula is C9H11NO. The molecule has 0 spiro atoms. The molecule has 11 heavy (non-hydrogen) atoms. The van der Waals surface area contributed by atoms with Gasteiger partial charge in [0.25, 0.3) is 0 Å². The second kappa shape index (κ2) is 4.45. The molecule has 0 aromatic rings. The Bertz CT molecular complexity index is 253. The Hall–Kier alpha value is -1.36. The van der Waals surface area contributed by atoms with Crippen LogP contribution in [0.4, 0.5) is 0 Å². The van der Waals surface area contributed by atoms with E-state index < -0.39 is 0 Å². The average Bonchev–Trinajstić information content (AvgIpc) is 1.99. The lowest BCUT2D eigenvalue weighted by molar-refractivity contribution is -0.113. The van der Waals surface area contributed by atoms with Crippen molar-refractivity contribution in [2.75, 3.05) is 0 Å². The molecule has 0 amide bonds. The fraction of sp³-hybridized carbons (Fsp3) is 0.333. The van der Waals surface area contributed by atoms with Gasteiger partial charge in [0, 0.05) is 5.57 Å². The summed E-state index contributed by atoms with van der Waals surface area (Å²) >= 11 is 0. The van der Waals surface area contributed by atoms with E-state index in [-0.39, 0.29) is 5.78 Å². The lowest BCUT2D eigenvalue weighted by Crippen LogP contribution is -1.91. The predicted octanol–water partition coefficient (Wildman–Crippen LogP) is 1.99. The Morgan fingerprint density at radius 3 is 2.27 bits per heavy atom. The highest BCUT2D eigenvalue weighted by atomic mass is 16.1. The summed E-state index contributed by atoms with van der Waals surface area (Å²) in [5.41, 5.74) is 1.14. The highest BCUT2D eigenvalue weighted by Gasteiger charge is 1.96. The summed E-state index contributed by atoms with van der Waals surface area (Å²) in [5.74, 6) is -0.000370. The molecule has 2 nitrogen and oxygen atoms in total. The van der Waals surface area contributed by atoms with Crippen molar-refractivity contribution in [1.82, 2.24) is 0 Å². The summed E-state index contributed by atoms with van der Waals surface area (Å²) in [4.78, 5) is 10.7. The lowest BCUT2D eigenvalue weighted by Gasteiger charge is -1.91. The number of hydrogen-bond acceptors (Lipinski definition) is 2. The molecule has 0 aromatic heterocycles. The number of carbonyl (C=O) groups excluding carboxylic acids is 1. The van der Waals surface area contributed by atoms with Crippen LogP contribution in [0.2, 0.25) is 0 Å². The highest BCUT2D eigenvalue weighted by Crippen LogP contribution is 2.01. The molecule has 0 N–H and O–H groups in total. The molecule has 0 radical (unpaired) electrons. The molecule has 0 aliphatic rings. The molecule has 0 aliphatic carbocycles. The van der Waals surface area contributed by atoms with Gasteiger partial charge in [-0.2, -0.15) is 5.26 Å². The van der Waals surface area contributed by atoms with Crippen LogP contribution in [0.15, 0.2) is 23.3 Å². The fourth-order valence-electron chi connectivity index (χ4n) is 0.515. The summed E-state index contributed by atoms with van der Waals surface area (Å²) in [6.45, 7) is 4.95. The summed E-state index contributed by atoms with van der Waals surface area (Å²) < 4.78 is 0. The molecule has 0 aliphatic heterocycles. The number of ketones is 1. The maximum absolute atomic E-state index is 10.7. The van der Waals surface area contributed by atoms with Crippen LogP contribution in [0.1, 0.15) is 20.8 Å². The molecule has 0 unspecified atom stereocenters. The van der Waals surface area contributed by atoms with Gasteiger partial charge in [-0.1, -0.05) is 6.08 Å². The van der Waals surface area contributed by atoms with Crippen LogP contribution < -0.4 is 0 Å². The zero-order valence-electron chi connectivity index (χ0n) is 7.01. The van der Waals surface area contributed by atoms with Gasteiger partial charge in [0.05, 0.1) is 6.07 Å². The molecule has 0 rings (SSSR count). The molecule has 0 bridgehead atoms. The summed E-state index contributed by atoms with van der Waals surface area (Å²) in [6.07, 6.45) is 3.26. The topological polar surface area (TPSA) is 40.9 Å². The summed E-state index contributed by atoms with van der Waals surface area (Å²) in [6, 6.07) is 1.97. The van der Waals surface area contributed by atoms with Gasteiger partial charge in [-0.15, -0.1) is 0 Å². The number of allylic oxidation sites excluding steroid dienone is 4. The second-order valence-electron chi connectivity index (χ2n) is 2.24. The molecule has 0 fully saturated rings. The minimum absolute atomic E-state index is 0.000370. The van der Waals surface area contributed by atoms with Crippen molar-refractivity contribution in [2.45, 2.75) is 20.8 Å². The van der Waals surface area contributed by atoms with E-state index in [0.717, 1.165) is 0 Å². The standard InChI is InChI=1S/C9H11NO/c1-4-9(6-10)5-7(2)8(3)11/h4-5H,1-3H3/b7-5+,9-4+. The molecule has 0 saturated carbocycles. The molecule has 0 saturated heterocycles. The smallest absolute Gasteiger partial charge is 0.155 e. The van der Waals surface area contributed by atoms with Gasteiger partial charge >= 0.3 is 0 Å². The zero-order valence-corrected chi connectivity index (χ0v) is 7.01. The van der Waals surface area contributed by atoms with Gasteiger partial charge in [-0.25, -0.2) is 0 Å². The van der Waals surface area contributed by atoms with Crippen LogP contribution in [0.25, 0.3) is 0 Å². The number of nitriles is 1. The first kappa shape index (κ1) is 9.64. The minimum atomic E-state index is -0.000370. The van der Waals surface area contributed by atoms with Gasteiger partial charge in [-0.3, -0.25) is 4.79 Å². The van der Waals surface area contributed by atoms with Crippen molar-refractivity contribution < 1.29 is 4.79 Å². The Labute approximate surface area is 66.8 Å². The van der Waals surface area contributed by atoms with E-state index in [2.05, 4.69) is 0 Å². The lowest BCUT2D eigenvalue weighted by atomic mass is 10.1. The van der Waals surface area contributed by atoms with Crippen molar-refractivity contribution in [1.29, 1.82) is 5.26 Å². The van der Waals surface area contributed by atoms with Crippen LogP contribution in [0, 0.1) is 11.3 Å². The Morgan fingerprint density at radius 1 is 1.45 bits per heavy atom. The van der Waals surface area contributed by atoms with E-state index in [4.69, 9.17) is 5.26 Å². The maximum atomic E-state index is 10.7. The number of rotatable bonds is 2. The quantitative estimate of drug-likeness (QED) is 0.342. The van der Waals surface area contributed by atoms with E-state index in [9.17, 15) is 4.79 Å². The van der Waals surface area contributed by atoms with Crippen molar-refractivity contribution in [3.63, 3.8) is 0 Å². The van der Waals surface area contributed by atoms with Crippen LogP contribution in [0.5, 0.6) is 0 Å². The number of nitrogens with zero attached hydrogens (tertiary/aromatic N) is 1. The maximum Gasteiger partial charge on any atom is 0.155 e. The fourth-order valence-corrected chi connectivity index (χ4v) is 0.515. The third-order valence-corrected chi connectivity index (χ3v) is 1.37. The second-order valence-corrected chi connectivity index (χ2v) is 2.24. The largest absolute Gasteiger partial charge is 0.295 e. The van der Waals surface area contributed by atoms with Crippen molar-refractivity contribution in [3.8, 4) is 6.07 Å². The Morgan fingerprint density at radius 2 is 2.00 bits per heavy atom. The molecule has 0 heterocycles. The first-order valence-electron chi connectivity index (χ1n) is 3.37. The highest BCUT2D eigenvalue weighted by molar-refractivity contribution is 5.93. The van der Waals surface area contributed by atoms with Crippen LogP contribution in [-0.4, -0.2) is 5.78 Å². The van der Waals surface area contributed by atoms with E-state index in [1.54, 1.807) is 26.0 Å². The van der Waals surface area contributed by atoms with Crippen LogP contribution >= 0.6 is 0 Å². The van der Waals surface area contributed by atoms with Gasteiger partial charge in [0.2, 0.25) is 0 Å². The van der Waals surface area contributed by atoms with Gasteiger partial charge in [-0.05, 0) is 32.4 Å². The molecule has 0 aromatic carbocycles. The third-order valence-electron chi connectivity index (χ3n) is 1.37. The first-order chi connectivity index (χ1) is 5.11. The summed E-state index contributed by atoms with van der Waals surface area (Å²) in [7, 11) is 0. The molecule has 0 atom stereocenters. The third kappa shape index (κ3) is 3.36. The van der Waals surface area contributed by atoms with E-state index in [1.807, 2.05) is 6.07 Å². The summed E-state index contributed by atoms with van der Waals surface area (Å²) in [5, 5.41) is 8.48. The molecule has 2 heteroatoms. The SMILES string of the molecule is C/C=C(C#N)\C=C(/C)C(C)=O. The van der Waals surface area contributed by atoms with Crippen LogP contribution in [0.3, 0.4) is 0 Å². The van der Waals surface area contributed by atoms with E-state index in [0.29, 0.717) is 11.1 Å². The minimum Gasteiger partial charge on any atom is -0.295 e. The first-order valence-corrected chi connectivity index (χ1v) is 3.37. The Kier molecular flexibility index (Phi) is 3.90. The monoisotopic (exact) mass is 149 g/mol. The van der Waals surface area contributed by atoms with E-state index >= 15 is 0 Å². The molecular weight excluding hydrogens is 138 g/mol. The number of Topliss-reactive ketones (excluding diaryl/α,β-unsaturated/α-hetero) is 1. The van der Waals surface area contributed by atoms with Crippen molar-refractivity contribution >= 4 is 5.78 Å². The predicted molar refractivity (Wildman–Crippen MR) is 43.8 cm³/mol. The number of carbonyl (C=O) groups is 1. The van der Waals surface area contributed by atoms with Crippen LogP contribution in [-0.2, 0) is 4.79 Å². The Balaban J connectivity index is 4.58. The van der Waals surface area contributed by atoms with Gasteiger partial charge < -0.3 is 0 Å². The van der Waals surface area contributed by atoms with Crippen molar-refractivity contribution in [2.24, 2.45) is 0 Å². The van der Waals surface area contributed by atoms with Crippen molar-refractivity contribution in [3.05, 3.63) is 23.3 Å². The number of hydrogen-bond donors (Lipinski definition) is 0. The average molecular weight is 149 g/mol. The van der Waals surface area contributed by atoms with E-state index in [1.165, 1.54) is 6.92 Å². The zero-order chi connectivity index (χ0) is 8.85. The normalized spacial score (nSPS) is 12.5.